The third kappa shape index (κ3) is 3.66. The van der Waals surface area contributed by atoms with Crippen molar-refractivity contribution >= 4 is 11.8 Å². The summed E-state index contributed by atoms with van der Waals surface area (Å²) in [6.45, 7) is 4.64. The van der Waals surface area contributed by atoms with Crippen molar-refractivity contribution in [3.63, 3.8) is 0 Å². The second kappa shape index (κ2) is 6.30. The van der Waals surface area contributed by atoms with Gasteiger partial charge < -0.3 is 5.32 Å². The van der Waals surface area contributed by atoms with Gasteiger partial charge in [0.15, 0.2) is 0 Å². The van der Waals surface area contributed by atoms with E-state index in [0.29, 0.717) is 0 Å². The smallest absolute Gasteiger partial charge is 0.00953 e. The summed E-state index contributed by atoms with van der Waals surface area (Å²) in [6, 6.07) is 1.65. The Kier molecular flexibility index (Phi) is 5.02. The van der Waals surface area contributed by atoms with E-state index in [-0.39, 0.29) is 0 Å². The van der Waals surface area contributed by atoms with Crippen LogP contribution in [-0.2, 0) is 0 Å². The lowest BCUT2D eigenvalue weighted by molar-refractivity contribution is 0.319. The van der Waals surface area contributed by atoms with Crippen molar-refractivity contribution in [1.82, 2.24) is 5.32 Å². The Bertz CT molecular complexity index is 201. The molecule has 1 N–H and O–H groups in total. The second-order valence-corrected chi connectivity index (χ2v) is 7.04. The Balaban J connectivity index is 1.75. The number of rotatable bonds is 6. The van der Waals surface area contributed by atoms with E-state index in [1.54, 1.807) is 0 Å². The largest absolute Gasteiger partial charge is 0.311 e. The first kappa shape index (κ1) is 12.8. The average Bonchev–Trinajstić information content (AvgIpc) is 3.11. The molecule has 2 saturated carbocycles. The zero-order valence-corrected chi connectivity index (χ0v) is 11.7. The third-order valence-electron chi connectivity index (χ3n) is 4.11. The van der Waals surface area contributed by atoms with Gasteiger partial charge in [0.2, 0.25) is 0 Å². The first-order valence-electron chi connectivity index (χ1n) is 7.21. The van der Waals surface area contributed by atoms with Crippen molar-refractivity contribution in [3.8, 4) is 0 Å². The highest BCUT2D eigenvalue weighted by molar-refractivity contribution is 7.99. The summed E-state index contributed by atoms with van der Waals surface area (Å²) in [5.74, 6) is 2.31. The van der Waals surface area contributed by atoms with E-state index in [9.17, 15) is 0 Å². The molecule has 2 rings (SSSR count). The van der Waals surface area contributed by atoms with Crippen LogP contribution in [0.5, 0.6) is 0 Å². The van der Waals surface area contributed by atoms with Crippen molar-refractivity contribution in [2.45, 2.75) is 76.1 Å². The van der Waals surface area contributed by atoms with Gasteiger partial charge in [0.25, 0.3) is 0 Å². The molecule has 1 nitrogen and oxygen atoms in total. The van der Waals surface area contributed by atoms with E-state index < -0.39 is 0 Å². The van der Waals surface area contributed by atoms with Crippen LogP contribution < -0.4 is 5.32 Å². The lowest BCUT2D eigenvalue weighted by Gasteiger charge is -2.32. The van der Waals surface area contributed by atoms with Crippen molar-refractivity contribution in [2.24, 2.45) is 5.92 Å². The molecule has 3 atom stereocenters. The maximum absolute atomic E-state index is 3.94. The Morgan fingerprint density at radius 2 is 2.00 bits per heavy atom. The van der Waals surface area contributed by atoms with Crippen LogP contribution in [0, 0.1) is 5.92 Å². The first-order valence-corrected chi connectivity index (χ1v) is 8.26. The molecule has 0 heterocycles. The number of hydrogen-bond donors (Lipinski definition) is 1. The van der Waals surface area contributed by atoms with E-state index in [1.807, 2.05) is 0 Å². The molecule has 0 amide bonds. The second-order valence-electron chi connectivity index (χ2n) is 5.46. The number of nitrogens with one attached hydrogen (secondary N) is 1. The van der Waals surface area contributed by atoms with Crippen molar-refractivity contribution in [1.29, 1.82) is 0 Å². The maximum Gasteiger partial charge on any atom is 0.00953 e. The zero-order valence-electron chi connectivity index (χ0n) is 10.9. The molecule has 2 heteroatoms. The Hall–Kier alpha value is 0.310. The lowest BCUT2D eigenvalue weighted by atomic mass is 9.93. The molecule has 16 heavy (non-hydrogen) atoms. The minimum atomic E-state index is 0.823. The Labute approximate surface area is 105 Å². The average molecular weight is 241 g/mol. The van der Waals surface area contributed by atoms with Gasteiger partial charge in [0.1, 0.15) is 0 Å². The lowest BCUT2D eigenvalue weighted by Crippen LogP contribution is -2.42. The quantitative estimate of drug-likeness (QED) is 0.758. The fraction of sp³-hybridized carbons (Fsp3) is 1.00. The Morgan fingerprint density at radius 1 is 1.19 bits per heavy atom. The molecule has 0 bridgehead atoms. The molecular formula is C14H27NS. The van der Waals surface area contributed by atoms with Gasteiger partial charge in [-0.25, -0.2) is 0 Å². The molecular weight excluding hydrogens is 214 g/mol. The van der Waals surface area contributed by atoms with E-state index in [0.717, 1.165) is 23.3 Å². The maximum atomic E-state index is 3.94. The predicted octanol–water partition coefficient (Wildman–Crippen LogP) is 3.83. The van der Waals surface area contributed by atoms with E-state index in [4.69, 9.17) is 0 Å². The van der Waals surface area contributed by atoms with Crippen LogP contribution in [0.3, 0.4) is 0 Å². The van der Waals surface area contributed by atoms with E-state index in [1.165, 1.54) is 50.7 Å². The van der Waals surface area contributed by atoms with Crippen LogP contribution in [-0.4, -0.2) is 23.1 Å². The van der Waals surface area contributed by atoms with Crippen molar-refractivity contribution < 1.29 is 0 Å². The molecule has 0 aliphatic heterocycles. The molecule has 0 aromatic heterocycles. The van der Waals surface area contributed by atoms with Crippen molar-refractivity contribution in [3.05, 3.63) is 0 Å². The summed E-state index contributed by atoms with van der Waals surface area (Å²) in [6.07, 6.45) is 10.0. The molecule has 2 fully saturated rings. The van der Waals surface area contributed by atoms with Gasteiger partial charge >= 0.3 is 0 Å². The fourth-order valence-electron chi connectivity index (χ4n) is 3.07. The van der Waals surface area contributed by atoms with Crippen LogP contribution in [0.2, 0.25) is 0 Å². The van der Waals surface area contributed by atoms with Gasteiger partial charge in [0, 0.05) is 17.3 Å². The minimum Gasteiger partial charge on any atom is -0.311 e. The van der Waals surface area contributed by atoms with E-state index >= 15 is 0 Å². The molecule has 0 radical (unpaired) electrons. The molecule has 2 aliphatic carbocycles. The summed E-state index contributed by atoms with van der Waals surface area (Å²) in [5.41, 5.74) is 0. The molecule has 2 aliphatic rings. The number of thioether (sulfide) groups is 1. The fourth-order valence-corrected chi connectivity index (χ4v) is 4.25. The van der Waals surface area contributed by atoms with E-state index in [2.05, 4.69) is 30.9 Å². The minimum absolute atomic E-state index is 0.823. The monoisotopic (exact) mass is 241 g/mol. The Morgan fingerprint density at radius 3 is 2.62 bits per heavy atom. The van der Waals surface area contributed by atoms with Crippen LogP contribution >= 0.6 is 11.8 Å². The summed E-state index contributed by atoms with van der Waals surface area (Å²) in [4.78, 5) is 0. The summed E-state index contributed by atoms with van der Waals surface area (Å²) >= 11 is 2.17. The van der Waals surface area contributed by atoms with Gasteiger partial charge in [-0.2, -0.15) is 11.8 Å². The predicted molar refractivity (Wildman–Crippen MR) is 74.1 cm³/mol. The topological polar surface area (TPSA) is 12.0 Å². The highest BCUT2D eigenvalue weighted by atomic mass is 32.2. The first-order chi connectivity index (χ1) is 7.83. The van der Waals surface area contributed by atoms with Crippen molar-refractivity contribution in [2.75, 3.05) is 5.75 Å². The van der Waals surface area contributed by atoms with Gasteiger partial charge in [-0.05, 0) is 50.2 Å². The van der Waals surface area contributed by atoms with Crippen LogP contribution in [0.25, 0.3) is 0 Å². The molecule has 0 saturated heterocycles. The highest BCUT2D eigenvalue weighted by Crippen LogP contribution is 2.35. The van der Waals surface area contributed by atoms with Gasteiger partial charge in [0.05, 0.1) is 0 Å². The standard InChI is InChI=1S/C14H27NS/c1-3-14(11-8-9-11)15-12-6-5-7-13(10-12)16-4-2/h11-15H,3-10H2,1-2H3. The third-order valence-corrected chi connectivity index (χ3v) is 5.34. The van der Waals surface area contributed by atoms with Crippen LogP contribution in [0.15, 0.2) is 0 Å². The van der Waals surface area contributed by atoms with Gasteiger partial charge in [-0.3, -0.25) is 0 Å². The molecule has 94 valence electrons. The normalized spacial score (nSPS) is 32.6. The summed E-state index contributed by atoms with van der Waals surface area (Å²) < 4.78 is 0. The summed E-state index contributed by atoms with van der Waals surface area (Å²) in [7, 11) is 0. The van der Waals surface area contributed by atoms with Crippen LogP contribution in [0.4, 0.5) is 0 Å². The molecule has 0 spiro atoms. The van der Waals surface area contributed by atoms with Crippen LogP contribution in [0.1, 0.15) is 58.8 Å². The zero-order chi connectivity index (χ0) is 11.4. The molecule has 0 aromatic rings. The molecule has 0 aromatic carbocycles. The SMILES string of the molecule is CCSC1CCCC(NC(CC)C2CC2)C1. The highest BCUT2D eigenvalue weighted by Gasteiger charge is 2.32. The van der Waals surface area contributed by atoms with Gasteiger partial charge in [-0.1, -0.05) is 20.3 Å². The number of hydrogen-bond acceptors (Lipinski definition) is 2. The molecule has 3 unspecified atom stereocenters. The summed E-state index contributed by atoms with van der Waals surface area (Å²) in [5, 5.41) is 4.88. The van der Waals surface area contributed by atoms with Gasteiger partial charge in [-0.15, -0.1) is 0 Å².